The Labute approximate surface area is 135 Å². The van der Waals surface area contributed by atoms with E-state index in [4.69, 9.17) is 9.15 Å². The Hall–Kier alpha value is -2.75. The summed E-state index contributed by atoms with van der Waals surface area (Å²) >= 11 is 0. The molecule has 0 unspecified atom stereocenters. The minimum Gasteiger partial charge on any atom is -0.497 e. The maximum absolute atomic E-state index is 12.3. The zero-order valence-corrected chi connectivity index (χ0v) is 13.4. The highest BCUT2D eigenvalue weighted by Crippen LogP contribution is 2.25. The summed E-state index contributed by atoms with van der Waals surface area (Å²) in [6.45, 7) is 4.27. The molecule has 0 bridgehead atoms. The van der Waals surface area contributed by atoms with E-state index in [-0.39, 0.29) is 11.7 Å². The first kappa shape index (κ1) is 15.2. The van der Waals surface area contributed by atoms with Crippen LogP contribution in [0.15, 0.2) is 52.9 Å². The second kappa shape index (κ2) is 6.16. The fourth-order valence-corrected chi connectivity index (χ4v) is 2.40. The Morgan fingerprint density at radius 1 is 1.09 bits per heavy atom. The second-order valence-corrected chi connectivity index (χ2v) is 5.75. The number of benzene rings is 2. The third-order valence-electron chi connectivity index (χ3n) is 3.78. The van der Waals surface area contributed by atoms with Gasteiger partial charge in [-0.1, -0.05) is 26.0 Å². The molecule has 0 fully saturated rings. The molecule has 0 aliphatic carbocycles. The van der Waals surface area contributed by atoms with Crippen molar-refractivity contribution in [2.45, 2.75) is 19.8 Å². The first-order valence-electron chi connectivity index (χ1n) is 7.55. The molecule has 0 atom stereocenters. The molecule has 23 heavy (non-hydrogen) atoms. The van der Waals surface area contributed by atoms with Crippen LogP contribution in [0.5, 0.6) is 5.75 Å². The van der Waals surface area contributed by atoms with Crippen molar-refractivity contribution in [1.82, 2.24) is 0 Å². The molecular formula is C19H19NO3. The van der Waals surface area contributed by atoms with Crippen molar-refractivity contribution < 1.29 is 13.9 Å². The number of fused-ring (bicyclic) bond motifs is 1. The Bertz CT molecular complexity index is 831. The lowest BCUT2D eigenvalue weighted by Gasteiger charge is -2.07. The monoisotopic (exact) mass is 309 g/mol. The van der Waals surface area contributed by atoms with Crippen LogP contribution in [0.1, 0.15) is 35.9 Å². The third-order valence-corrected chi connectivity index (χ3v) is 3.78. The van der Waals surface area contributed by atoms with Crippen LogP contribution in [0.3, 0.4) is 0 Å². The van der Waals surface area contributed by atoms with E-state index < -0.39 is 0 Å². The number of hydrogen-bond acceptors (Lipinski definition) is 3. The van der Waals surface area contributed by atoms with Gasteiger partial charge in [-0.25, -0.2) is 0 Å². The van der Waals surface area contributed by atoms with Gasteiger partial charge in [0.1, 0.15) is 11.3 Å². The van der Waals surface area contributed by atoms with E-state index in [1.807, 2.05) is 30.3 Å². The van der Waals surface area contributed by atoms with Crippen molar-refractivity contribution in [3.8, 4) is 5.75 Å². The number of furan rings is 1. The summed E-state index contributed by atoms with van der Waals surface area (Å²) in [5, 5.41) is 3.69. The van der Waals surface area contributed by atoms with Crippen molar-refractivity contribution in [3.05, 3.63) is 59.9 Å². The fraction of sp³-hybridized carbons (Fsp3) is 0.211. The molecule has 0 radical (unpaired) electrons. The lowest BCUT2D eigenvalue weighted by Crippen LogP contribution is -2.10. The first-order chi connectivity index (χ1) is 11.1. The quantitative estimate of drug-likeness (QED) is 0.752. The number of rotatable bonds is 4. The summed E-state index contributed by atoms with van der Waals surface area (Å²) < 4.78 is 10.8. The smallest absolute Gasteiger partial charge is 0.291 e. The van der Waals surface area contributed by atoms with Gasteiger partial charge in [0.05, 0.1) is 7.11 Å². The number of amides is 1. The summed E-state index contributed by atoms with van der Waals surface area (Å²) in [5.41, 5.74) is 2.64. The molecule has 0 spiro atoms. The van der Waals surface area contributed by atoms with Crippen LogP contribution >= 0.6 is 0 Å². The van der Waals surface area contributed by atoms with Crippen molar-refractivity contribution in [3.63, 3.8) is 0 Å². The summed E-state index contributed by atoms with van der Waals surface area (Å²) in [5.74, 6) is 1.21. The molecule has 1 amide bonds. The Morgan fingerprint density at radius 2 is 1.83 bits per heavy atom. The average Bonchev–Trinajstić information content (AvgIpc) is 2.98. The SMILES string of the molecule is COc1ccc2oc(C(=O)Nc3ccc(C(C)C)cc3)cc2c1. The van der Waals surface area contributed by atoms with Crippen LogP contribution in [0.2, 0.25) is 0 Å². The van der Waals surface area contributed by atoms with Gasteiger partial charge < -0.3 is 14.5 Å². The minimum absolute atomic E-state index is 0.266. The zero-order chi connectivity index (χ0) is 16.4. The standard InChI is InChI=1S/C19H19NO3/c1-12(2)13-4-6-15(7-5-13)20-19(21)18-11-14-10-16(22-3)8-9-17(14)23-18/h4-12H,1-3H3,(H,20,21). The number of methoxy groups -OCH3 is 1. The molecule has 1 heterocycles. The Kier molecular flexibility index (Phi) is 4.06. The number of anilines is 1. The molecule has 4 heteroatoms. The second-order valence-electron chi connectivity index (χ2n) is 5.75. The lowest BCUT2D eigenvalue weighted by atomic mass is 10.0. The van der Waals surface area contributed by atoms with E-state index in [1.165, 1.54) is 5.56 Å². The maximum Gasteiger partial charge on any atom is 0.291 e. The van der Waals surface area contributed by atoms with Crippen molar-refractivity contribution in [2.75, 3.05) is 12.4 Å². The molecule has 0 aliphatic heterocycles. The van der Waals surface area contributed by atoms with E-state index in [9.17, 15) is 4.79 Å². The number of hydrogen-bond donors (Lipinski definition) is 1. The molecule has 0 saturated heterocycles. The van der Waals surface area contributed by atoms with Gasteiger partial charge >= 0.3 is 0 Å². The van der Waals surface area contributed by atoms with Crippen LogP contribution in [0.4, 0.5) is 5.69 Å². The van der Waals surface area contributed by atoms with Gasteiger partial charge in [-0.3, -0.25) is 4.79 Å². The molecule has 1 aromatic heterocycles. The molecule has 1 N–H and O–H groups in total. The normalized spacial score (nSPS) is 11.0. The van der Waals surface area contributed by atoms with Gasteiger partial charge in [-0.15, -0.1) is 0 Å². The van der Waals surface area contributed by atoms with E-state index in [0.717, 1.165) is 16.8 Å². The first-order valence-corrected chi connectivity index (χ1v) is 7.55. The molecule has 3 aromatic rings. The van der Waals surface area contributed by atoms with Crippen molar-refractivity contribution in [1.29, 1.82) is 0 Å². The Balaban J connectivity index is 1.80. The molecule has 2 aromatic carbocycles. The van der Waals surface area contributed by atoms with Crippen LogP contribution in [0, 0.1) is 0 Å². The highest BCUT2D eigenvalue weighted by Gasteiger charge is 2.13. The summed E-state index contributed by atoms with van der Waals surface area (Å²) in [6.07, 6.45) is 0. The van der Waals surface area contributed by atoms with Gasteiger partial charge in [0.2, 0.25) is 0 Å². The molecule has 0 aliphatic rings. The summed E-state index contributed by atoms with van der Waals surface area (Å²) in [6, 6.07) is 15.0. The van der Waals surface area contributed by atoms with Gasteiger partial charge in [0.15, 0.2) is 5.76 Å². The van der Waals surface area contributed by atoms with Crippen molar-refractivity contribution >= 4 is 22.6 Å². The molecule has 3 rings (SSSR count). The van der Waals surface area contributed by atoms with E-state index >= 15 is 0 Å². The van der Waals surface area contributed by atoms with Gasteiger partial charge in [-0.05, 0) is 47.9 Å². The number of nitrogens with one attached hydrogen (secondary N) is 1. The average molecular weight is 309 g/mol. The molecule has 118 valence electrons. The summed E-state index contributed by atoms with van der Waals surface area (Å²) in [7, 11) is 1.61. The molecule has 4 nitrogen and oxygen atoms in total. The number of ether oxygens (including phenoxy) is 1. The van der Waals surface area contributed by atoms with Crippen LogP contribution in [0.25, 0.3) is 11.0 Å². The fourth-order valence-electron chi connectivity index (χ4n) is 2.40. The van der Waals surface area contributed by atoms with Crippen LogP contribution < -0.4 is 10.1 Å². The van der Waals surface area contributed by atoms with E-state index in [0.29, 0.717) is 11.5 Å². The van der Waals surface area contributed by atoms with Crippen LogP contribution in [-0.2, 0) is 0 Å². The summed E-state index contributed by atoms with van der Waals surface area (Å²) in [4.78, 5) is 12.3. The topological polar surface area (TPSA) is 51.5 Å². The minimum atomic E-state index is -0.266. The molecular weight excluding hydrogens is 290 g/mol. The largest absolute Gasteiger partial charge is 0.497 e. The van der Waals surface area contributed by atoms with Crippen molar-refractivity contribution in [2.24, 2.45) is 0 Å². The van der Waals surface area contributed by atoms with Crippen LogP contribution in [-0.4, -0.2) is 13.0 Å². The molecule has 0 saturated carbocycles. The predicted octanol–water partition coefficient (Wildman–Crippen LogP) is 4.82. The number of carbonyl (C=O) groups is 1. The van der Waals surface area contributed by atoms with E-state index in [2.05, 4.69) is 19.2 Å². The highest BCUT2D eigenvalue weighted by atomic mass is 16.5. The van der Waals surface area contributed by atoms with E-state index in [1.54, 1.807) is 25.3 Å². The maximum atomic E-state index is 12.3. The highest BCUT2D eigenvalue weighted by molar-refractivity contribution is 6.04. The lowest BCUT2D eigenvalue weighted by molar-refractivity contribution is 0.0998. The van der Waals surface area contributed by atoms with Gasteiger partial charge in [0, 0.05) is 11.1 Å². The predicted molar refractivity (Wildman–Crippen MR) is 91.3 cm³/mol. The third kappa shape index (κ3) is 3.21. The number of carbonyl (C=O) groups excluding carboxylic acids is 1. The zero-order valence-electron chi connectivity index (χ0n) is 13.4. The van der Waals surface area contributed by atoms with Gasteiger partial charge in [-0.2, -0.15) is 0 Å². The van der Waals surface area contributed by atoms with Gasteiger partial charge in [0.25, 0.3) is 5.91 Å². The Morgan fingerprint density at radius 3 is 2.48 bits per heavy atom.